The first-order valence-corrected chi connectivity index (χ1v) is 7.79. The molecule has 0 radical (unpaired) electrons. The van der Waals surface area contributed by atoms with Crippen LogP contribution in [-0.2, 0) is 9.59 Å². The smallest absolute Gasteiger partial charge is 0.228 e. The van der Waals surface area contributed by atoms with Gasteiger partial charge < -0.3 is 24.7 Å². The number of carbonyl (C=O) groups excluding carboxylic acids is 2. The Kier molecular flexibility index (Phi) is 5.71. The van der Waals surface area contributed by atoms with Crippen molar-refractivity contribution in [1.29, 1.82) is 0 Å². The summed E-state index contributed by atoms with van der Waals surface area (Å²) in [6, 6.07) is 3.09. The van der Waals surface area contributed by atoms with Crippen molar-refractivity contribution in [2.75, 3.05) is 19.5 Å². The number of rotatable bonds is 5. The molecule has 2 atom stereocenters. The third-order valence-corrected chi connectivity index (χ3v) is 4.43. The van der Waals surface area contributed by atoms with Gasteiger partial charge in [0.1, 0.15) is 11.5 Å². The van der Waals surface area contributed by atoms with Crippen LogP contribution in [-0.4, -0.2) is 26.1 Å². The number of carboxylic acid groups (broad SMARTS) is 1. The highest BCUT2D eigenvalue weighted by atomic mass is 35.5. The summed E-state index contributed by atoms with van der Waals surface area (Å²) >= 11 is 6.03. The van der Waals surface area contributed by atoms with E-state index in [4.69, 9.17) is 21.1 Å². The van der Waals surface area contributed by atoms with Gasteiger partial charge in [0.25, 0.3) is 0 Å². The van der Waals surface area contributed by atoms with Gasteiger partial charge in [0, 0.05) is 29.9 Å². The lowest BCUT2D eigenvalue weighted by Crippen LogP contribution is -2.42. The molecule has 0 saturated heterocycles. The van der Waals surface area contributed by atoms with E-state index in [0.29, 0.717) is 35.1 Å². The molecule has 126 valence electrons. The molecule has 1 N–H and O–H groups in total. The Bertz CT molecular complexity index is 604. The van der Waals surface area contributed by atoms with E-state index in [1.54, 1.807) is 6.07 Å². The van der Waals surface area contributed by atoms with Crippen LogP contribution in [0.5, 0.6) is 11.5 Å². The second kappa shape index (κ2) is 7.55. The molecule has 6 nitrogen and oxygen atoms in total. The molecule has 2 rings (SSSR count). The van der Waals surface area contributed by atoms with Crippen molar-refractivity contribution in [2.24, 2.45) is 11.8 Å². The third-order valence-electron chi connectivity index (χ3n) is 4.14. The zero-order valence-electron chi connectivity index (χ0n) is 13.1. The molecule has 0 aliphatic heterocycles. The standard InChI is InChI=1S/C16H20ClNO5/c1-22-13-8-12(14(23-2)7-11(13)17)18-15(19)9-5-3-4-6-10(9)16(20)21/h7-10H,3-6H2,1-2H3,(H,18,19)(H,20,21)/p-1/t9-,10-/m1/s1. The summed E-state index contributed by atoms with van der Waals surface area (Å²) in [7, 11) is 2.92. The van der Waals surface area contributed by atoms with Crippen LogP contribution in [0, 0.1) is 11.8 Å². The predicted molar refractivity (Wildman–Crippen MR) is 83.6 cm³/mol. The Labute approximate surface area is 139 Å². The lowest BCUT2D eigenvalue weighted by atomic mass is 9.78. The van der Waals surface area contributed by atoms with Crippen LogP contribution >= 0.6 is 11.6 Å². The van der Waals surface area contributed by atoms with Crippen LogP contribution in [0.2, 0.25) is 5.02 Å². The zero-order chi connectivity index (χ0) is 17.0. The molecule has 0 spiro atoms. The van der Waals surface area contributed by atoms with E-state index < -0.39 is 17.8 Å². The molecular weight excluding hydrogens is 322 g/mol. The number of amides is 1. The highest BCUT2D eigenvalue weighted by Crippen LogP contribution is 2.37. The average Bonchev–Trinajstić information content (AvgIpc) is 2.55. The summed E-state index contributed by atoms with van der Waals surface area (Å²) in [4.78, 5) is 23.7. The molecule has 1 aromatic carbocycles. The van der Waals surface area contributed by atoms with Gasteiger partial charge in [-0.3, -0.25) is 4.79 Å². The van der Waals surface area contributed by atoms with E-state index in [1.807, 2.05) is 0 Å². The minimum Gasteiger partial charge on any atom is -0.550 e. The minimum atomic E-state index is -1.18. The molecule has 1 aromatic rings. The molecule has 1 fully saturated rings. The minimum absolute atomic E-state index is 0.354. The van der Waals surface area contributed by atoms with Gasteiger partial charge in [-0.05, 0) is 12.8 Å². The fourth-order valence-electron chi connectivity index (χ4n) is 2.91. The fraction of sp³-hybridized carbons (Fsp3) is 0.500. The number of nitrogens with one attached hydrogen (secondary N) is 1. The number of carbonyl (C=O) groups is 2. The number of ether oxygens (including phenoxy) is 2. The first kappa shape index (κ1) is 17.4. The number of hydrogen-bond donors (Lipinski definition) is 1. The molecule has 1 saturated carbocycles. The van der Waals surface area contributed by atoms with Crippen LogP contribution in [0.3, 0.4) is 0 Å². The van der Waals surface area contributed by atoms with E-state index in [-0.39, 0.29) is 5.91 Å². The summed E-state index contributed by atoms with van der Waals surface area (Å²) in [6.07, 6.45) is 2.60. The van der Waals surface area contributed by atoms with Gasteiger partial charge in [0.15, 0.2) is 0 Å². The largest absolute Gasteiger partial charge is 0.550 e. The molecule has 1 amide bonds. The normalized spacial score (nSPS) is 20.7. The lowest BCUT2D eigenvalue weighted by molar-refractivity contribution is -0.313. The van der Waals surface area contributed by atoms with E-state index in [1.165, 1.54) is 20.3 Å². The van der Waals surface area contributed by atoms with Crippen LogP contribution in [0.1, 0.15) is 25.7 Å². The summed E-state index contributed by atoms with van der Waals surface area (Å²) in [5.41, 5.74) is 0.390. The molecular formula is C16H19ClNO5-. The Morgan fingerprint density at radius 1 is 1.13 bits per heavy atom. The summed E-state index contributed by atoms with van der Waals surface area (Å²) in [6.45, 7) is 0. The maximum Gasteiger partial charge on any atom is 0.228 e. The van der Waals surface area contributed by atoms with Crippen LogP contribution in [0.4, 0.5) is 5.69 Å². The molecule has 0 unspecified atom stereocenters. The Morgan fingerprint density at radius 3 is 2.30 bits per heavy atom. The molecule has 0 heterocycles. The number of benzene rings is 1. The van der Waals surface area contributed by atoms with Crippen LogP contribution < -0.4 is 19.9 Å². The van der Waals surface area contributed by atoms with Gasteiger partial charge >= 0.3 is 0 Å². The maximum atomic E-state index is 12.5. The number of anilines is 1. The Balaban J connectivity index is 2.23. The van der Waals surface area contributed by atoms with Gasteiger partial charge in [-0.15, -0.1) is 0 Å². The van der Waals surface area contributed by atoms with Gasteiger partial charge in [-0.25, -0.2) is 0 Å². The summed E-state index contributed by atoms with van der Waals surface area (Å²) in [5.74, 6) is -2.14. The molecule has 23 heavy (non-hydrogen) atoms. The number of hydrogen-bond acceptors (Lipinski definition) is 5. The van der Waals surface area contributed by atoms with Crippen LogP contribution in [0.15, 0.2) is 12.1 Å². The topological polar surface area (TPSA) is 87.7 Å². The first-order valence-electron chi connectivity index (χ1n) is 7.41. The van der Waals surface area contributed by atoms with Crippen molar-refractivity contribution in [2.45, 2.75) is 25.7 Å². The van der Waals surface area contributed by atoms with Crippen molar-refractivity contribution in [1.82, 2.24) is 0 Å². The predicted octanol–water partition coefficient (Wildman–Crippen LogP) is 1.85. The molecule has 0 aromatic heterocycles. The Hall–Kier alpha value is -1.95. The zero-order valence-corrected chi connectivity index (χ0v) is 13.8. The van der Waals surface area contributed by atoms with E-state index in [2.05, 4.69) is 5.32 Å². The number of halogens is 1. The van der Waals surface area contributed by atoms with Crippen molar-refractivity contribution in [3.8, 4) is 11.5 Å². The molecule has 1 aliphatic rings. The number of carboxylic acids is 1. The number of aliphatic carboxylic acids is 1. The monoisotopic (exact) mass is 340 g/mol. The van der Waals surface area contributed by atoms with E-state index >= 15 is 0 Å². The van der Waals surface area contributed by atoms with Crippen molar-refractivity contribution >= 4 is 29.2 Å². The molecule has 1 aliphatic carbocycles. The quantitative estimate of drug-likeness (QED) is 0.883. The Morgan fingerprint density at radius 2 is 1.74 bits per heavy atom. The van der Waals surface area contributed by atoms with E-state index in [0.717, 1.165) is 12.8 Å². The van der Waals surface area contributed by atoms with Gasteiger partial charge in [-0.1, -0.05) is 24.4 Å². The third kappa shape index (κ3) is 3.88. The SMILES string of the molecule is COc1cc(NC(=O)[C@@H]2CCCC[C@H]2C(=O)[O-])c(OC)cc1Cl. The second-order valence-corrected chi connectivity index (χ2v) is 5.90. The highest BCUT2D eigenvalue weighted by Gasteiger charge is 2.32. The van der Waals surface area contributed by atoms with E-state index in [9.17, 15) is 14.7 Å². The van der Waals surface area contributed by atoms with Crippen molar-refractivity contribution in [3.05, 3.63) is 17.2 Å². The highest BCUT2D eigenvalue weighted by molar-refractivity contribution is 6.32. The van der Waals surface area contributed by atoms with Crippen LogP contribution in [0.25, 0.3) is 0 Å². The number of methoxy groups -OCH3 is 2. The first-order chi connectivity index (χ1) is 11.0. The van der Waals surface area contributed by atoms with Gasteiger partial charge in [0.2, 0.25) is 5.91 Å². The molecule has 7 heteroatoms. The van der Waals surface area contributed by atoms with Gasteiger partial charge in [-0.2, -0.15) is 0 Å². The fourth-order valence-corrected chi connectivity index (χ4v) is 3.14. The van der Waals surface area contributed by atoms with Gasteiger partial charge in [0.05, 0.1) is 24.9 Å². The average molecular weight is 341 g/mol. The summed E-state index contributed by atoms with van der Waals surface area (Å²) < 4.78 is 10.3. The van der Waals surface area contributed by atoms with Crippen molar-refractivity contribution in [3.63, 3.8) is 0 Å². The summed E-state index contributed by atoms with van der Waals surface area (Å²) in [5, 5.41) is 14.3. The second-order valence-electron chi connectivity index (χ2n) is 5.49. The maximum absolute atomic E-state index is 12.5. The molecule has 0 bridgehead atoms. The lowest BCUT2D eigenvalue weighted by Gasteiger charge is -2.31. The van der Waals surface area contributed by atoms with Crippen molar-refractivity contribution < 1.29 is 24.2 Å².